The first-order valence-corrected chi connectivity index (χ1v) is 9.37. The van der Waals surface area contributed by atoms with Crippen molar-refractivity contribution in [3.63, 3.8) is 0 Å². The summed E-state index contributed by atoms with van der Waals surface area (Å²) in [6, 6.07) is 15.1. The van der Waals surface area contributed by atoms with E-state index >= 15 is 0 Å². The average molecular weight is 352 g/mol. The molecule has 0 atom stereocenters. The Balaban J connectivity index is 0.00000288. The molecule has 0 saturated heterocycles. The molecule has 0 spiro atoms. The second kappa shape index (κ2) is 12.7. The standard InChI is InChI=1S/C20H26O2S.Na/c21-20(22)14-8-7-13-19-16-15-18(23-19)12-6-2-5-11-17-9-3-1-4-10-17;/h1,3-4,9-10,15-16H,2,5-8,11-14H2,(H,21,22);/q;+1/p-1. The molecule has 2 aromatic rings. The smallest absolute Gasteiger partial charge is 0.550 e. The predicted octanol–water partition coefficient (Wildman–Crippen LogP) is 1.17. The van der Waals surface area contributed by atoms with E-state index in [2.05, 4.69) is 42.5 Å². The number of unbranched alkanes of at least 4 members (excludes halogenated alkanes) is 3. The van der Waals surface area contributed by atoms with E-state index in [-0.39, 0.29) is 36.0 Å². The van der Waals surface area contributed by atoms with Crippen molar-refractivity contribution in [2.45, 2.75) is 57.8 Å². The van der Waals surface area contributed by atoms with Crippen LogP contribution in [0.5, 0.6) is 0 Å². The summed E-state index contributed by atoms with van der Waals surface area (Å²) in [7, 11) is 0. The number of thiophene rings is 1. The van der Waals surface area contributed by atoms with Crippen molar-refractivity contribution in [2.24, 2.45) is 0 Å². The molecular formula is C20H25NaO2S. The molecule has 1 aromatic carbocycles. The van der Waals surface area contributed by atoms with Crippen LogP contribution < -0.4 is 34.7 Å². The van der Waals surface area contributed by atoms with E-state index < -0.39 is 5.97 Å². The summed E-state index contributed by atoms with van der Waals surface area (Å²) in [6.45, 7) is 0. The zero-order valence-corrected chi connectivity index (χ0v) is 17.4. The molecule has 0 aliphatic carbocycles. The Hall–Kier alpha value is -0.610. The van der Waals surface area contributed by atoms with Crippen LogP contribution in [-0.4, -0.2) is 5.97 Å². The molecule has 0 N–H and O–H groups in total. The minimum atomic E-state index is -0.938. The first-order valence-electron chi connectivity index (χ1n) is 8.55. The van der Waals surface area contributed by atoms with Gasteiger partial charge in [0.05, 0.1) is 0 Å². The van der Waals surface area contributed by atoms with Gasteiger partial charge in [0.1, 0.15) is 0 Å². The summed E-state index contributed by atoms with van der Waals surface area (Å²) in [4.78, 5) is 13.2. The summed E-state index contributed by atoms with van der Waals surface area (Å²) in [5, 5.41) is 10.4. The van der Waals surface area contributed by atoms with Gasteiger partial charge in [-0.25, -0.2) is 0 Å². The Morgan fingerprint density at radius 1 is 0.792 bits per heavy atom. The number of rotatable bonds is 11. The molecule has 0 aliphatic rings. The molecule has 0 bridgehead atoms. The number of carboxylic acids is 1. The summed E-state index contributed by atoms with van der Waals surface area (Å²) in [5.41, 5.74) is 1.43. The van der Waals surface area contributed by atoms with E-state index in [0.29, 0.717) is 0 Å². The molecule has 0 fully saturated rings. The third kappa shape index (κ3) is 9.03. The number of hydrogen-bond acceptors (Lipinski definition) is 3. The largest absolute Gasteiger partial charge is 1.00 e. The third-order valence-electron chi connectivity index (χ3n) is 4.00. The maximum atomic E-state index is 10.4. The number of hydrogen-bond donors (Lipinski definition) is 0. The average Bonchev–Trinajstić information content (AvgIpc) is 3.00. The molecule has 0 saturated carbocycles. The van der Waals surface area contributed by atoms with Crippen LogP contribution in [0.3, 0.4) is 0 Å². The fourth-order valence-electron chi connectivity index (χ4n) is 2.71. The maximum Gasteiger partial charge on any atom is 1.00 e. The summed E-state index contributed by atoms with van der Waals surface area (Å²) in [5.74, 6) is -0.938. The van der Waals surface area contributed by atoms with E-state index in [4.69, 9.17) is 0 Å². The number of benzene rings is 1. The third-order valence-corrected chi connectivity index (χ3v) is 5.21. The number of aliphatic carboxylic acids is 1. The van der Waals surface area contributed by atoms with E-state index in [1.807, 2.05) is 11.3 Å². The van der Waals surface area contributed by atoms with Crippen molar-refractivity contribution in [3.05, 3.63) is 57.8 Å². The fourth-order valence-corrected chi connectivity index (χ4v) is 3.81. The summed E-state index contributed by atoms with van der Waals surface area (Å²) in [6.07, 6.45) is 8.94. The van der Waals surface area contributed by atoms with Crippen molar-refractivity contribution in [3.8, 4) is 0 Å². The monoisotopic (exact) mass is 352 g/mol. The molecule has 0 radical (unpaired) electrons. The number of carbonyl (C=O) groups is 1. The van der Waals surface area contributed by atoms with E-state index in [1.165, 1.54) is 47.4 Å². The van der Waals surface area contributed by atoms with Gasteiger partial charge >= 0.3 is 29.6 Å². The van der Waals surface area contributed by atoms with Gasteiger partial charge in [0.25, 0.3) is 0 Å². The molecule has 0 aliphatic heterocycles. The number of carboxylic acid groups (broad SMARTS) is 1. The number of aryl methyl sites for hydroxylation is 3. The molecular weight excluding hydrogens is 327 g/mol. The minimum absolute atomic E-state index is 0. The van der Waals surface area contributed by atoms with Crippen molar-refractivity contribution in [1.29, 1.82) is 0 Å². The van der Waals surface area contributed by atoms with Crippen LogP contribution in [0.2, 0.25) is 0 Å². The molecule has 24 heavy (non-hydrogen) atoms. The van der Waals surface area contributed by atoms with Gasteiger partial charge in [-0.3, -0.25) is 0 Å². The van der Waals surface area contributed by atoms with Crippen LogP contribution in [-0.2, 0) is 24.1 Å². The molecule has 0 unspecified atom stereocenters. The van der Waals surface area contributed by atoms with Gasteiger partial charge in [-0.1, -0.05) is 36.8 Å². The van der Waals surface area contributed by atoms with Gasteiger partial charge in [-0.2, -0.15) is 0 Å². The van der Waals surface area contributed by atoms with Crippen molar-refractivity contribution in [1.82, 2.24) is 0 Å². The fraction of sp³-hybridized carbons (Fsp3) is 0.450. The van der Waals surface area contributed by atoms with Crippen LogP contribution in [0.25, 0.3) is 0 Å². The molecule has 1 aromatic heterocycles. The topological polar surface area (TPSA) is 40.1 Å². The first-order chi connectivity index (χ1) is 11.2. The molecule has 1 heterocycles. The Morgan fingerprint density at radius 3 is 2.00 bits per heavy atom. The van der Waals surface area contributed by atoms with Crippen LogP contribution >= 0.6 is 11.3 Å². The molecule has 2 nitrogen and oxygen atoms in total. The van der Waals surface area contributed by atoms with Crippen LogP contribution in [0.4, 0.5) is 0 Å². The van der Waals surface area contributed by atoms with Crippen LogP contribution in [0, 0.1) is 0 Å². The van der Waals surface area contributed by atoms with Crippen molar-refractivity contribution in [2.75, 3.05) is 0 Å². The maximum absolute atomic E-state index is 10.4. The molecule has 0 amide bonds. The molecule has 2 rings (SSSR count). The second-order valence-electron chi connectivity index (χ2n) is 5.99. The molecule has 124 valence electrons. The van der Waals surface area contributed by atoms with Crippen LogP contribution in [0.15, 0.2) is 42.5 Å². The van der Waals surface area contributed by atoms with Crippen molar-refractivity contribution < 1.29 is 39.5 Å². The Labute approximate surface area is 171 Å². The SMILES string of the molecule is O=C([O-])CCCCc1ccc(CCCCCc2ccccc2)s1.[Na+]. The predicted molar refractivity (Wildman–Crippen MR) is 94.6 cm³/mol. The zero-order chi connectivity index (χ0) is 16.3. The van der Waals surface area contributed by atoms with E-state index in [0.717, 1.165) is 19.3 Å². The first kappa shape index (κ1) is 21.4. The van der Waals surface area contributed by atoms with Crippen molar-refractivity contribution >= 4 is 17.3 Å². The molecule has 4 heteroatoms. The summed E-state index contributed by atoms with van der Waals surface area (Å²) < 4.78 is 0. The number of carbonyl (C=O) groups excluding carboxylic acids is 1. The Bertz CT molecular complexity index is 580. The Kier molecular flexibility index (Phi) is 11.4. The minimum Gasteiger partial charge on any atom is -0.550 e. The van der Waals surface area contributed by atoms with Gasteiger partial charge in [0.2, 0.25) is 0 Å². The van der Waals surface area contributed by atoms with Crippen LogP contribution in [0.1, 0.15) is 53.8 Å². The van der Waals surface area contributed by atoms with E-state index in [9.17, 15) is 9.90 Å². The summed E-state index contributed by atoms with van der Waals surface area (Å²) >= 11 is 1.88. The van der Waals surface area contributed by atoms with Gasteiger partial charge in [0, 0.05) is 15.7 Å². The van der Waals surface area contributed by atoms with Gasteiger partial charge in [-0.05, 0) is 69.1 Å². The van der Waals surface area contributed by atoms with E-state index in [1.54, 1.807) is 0 Å². The van der Waals surface area contributed by atoms with Gasteiger partial charge in [0.15, 0.2) is 0 Å². The van der Waals surface area contributed by atoms with Gasteiger partial charge < -0.3 is 9.90 Å². The second-order valence-corrected chi connectivity index (χ2v) is 7.25. The Morgan fingerprint density at radius 2 is 1.38 bits per heavy atom. The van der Waals surface area contributed by atoms with Gasteiger partial charge in [-0.15, -0.1) is 11.3 Å². The zero-order valence-electron chi connectivity index (χ0n) is 14.6. The quantitative estimate of drug-likeness (QED) is 0.450. The normalized spacial score (nSPS) is 10.3.